The molecule has 2 aromatic carbocycles. The van der Waals surface area contributed by atoms with E-state index >= 15 is 0 Å². The van der Waals surface area contributed by atoms with E-state index in [2.05, 4.69) is 36.3 Å². The molecular formula is C22H20BrClN4O. The summed E-state index contributed by atoms with van der Waals surface area (Å²) in [5.41, 5.74) is 2.58. The van der Waals surface area contributed by atoms with Crippen molar-refractivity contribution in [1.29, 1.82) is 0 Å². The first kappa shape index (κ1) is 19.9. The first-order chi connectivity index (χ1) is 14.1. The fourth-order valence-electron chi connectivity index (χ4n) is 3.45. The molecule has 0 aliphatic carbocycles. The Kier molecular flexibility index (Phi) is 6.11. The van der Waals surface area contributed by atoms with Crippen LogP contribution in [0, 0.1) is 5.92 Å². The topological polar surface area (TPSA) is 58.1 Å². The van der Waals surface area contributed by atoms with E-state index in [0.29, 0.717) is 11.6 Å². The number of carbonyl (C=O) groups excluding carboxylic acids is 1. The third-order valence-electron chi connectivity index (χ3n) is 5.02. The van der Waals surface area contributed by atoms with E-state index in [9.17, 15) is 4.79 Å². The highest BCUT2D eigenvalue weighted by atomic mass is 79.9. The van der Waals surface area contributed by atoms with Gasteiger partial charge in [-0.15, -0.1) is 10.2 Å². The molecule has 2 heterocycles. The number of aromatic nitrogens is 2. The Hall–Kier alpha value is -2.44. The zero-order chi connectivity index (χ0) is 20.2. The largest absolute Gasteiger partial charge is 0.354 e. The highest BCUT2D eigenvalue weighted by molar-refractivity contribution is 9.10. The zero-order valence-corrected chi connectivity index (χ0v) is 18.0. The number of carbonyl (C=O) groups is 1. The third kappa shape index (κ3) is 4.95. The van der Waals surface area contributed by atoms with Gasteiger partial charge in [0.1, 0.15) is 0 Å². The van der Waals surface area contributed by atoms with Crippen LogP contribution in [0.1, 0.15) is 12.8 Å². The van der Waals surface area contributed by atoms with Crippen LogP contribution in [-0.2, 0) is 4.79 Å². The van der Waals surface area contributed by atoms with E-state index in [-0.39, 0.29) is 11.8 Å². The van der Waals surface area contributed by atoms with Gasteiger partial charge in [0.25, 0.3) is 0 Å². The molecule has 0 bridgehead atoms. The molecule has 1 fully saturated rings. The average molecular weight is 472 g/mol. The van der Waals surface area contributed by atoms with Gasteiger partial charge in [0.05, 0.1) is 11.6 Å². The van der Waals surface area contributed by atoms with Crippen molar-refractivity contribution in [2.24, 2.45) is 5.92 Å². The van der Waals surface area contributed by atoms with Gasteiger partial charge in [-0.3, -0.25) is 4.79 Å². The van der Waals surface area contributed by atoms with Crippen LogP contribution in [0.25, 0.3) is 11.3 Å². The number of rotatable bonds is 4. The molecule has 1 unspecified atom stereocenters. The van der Waals surface area contributed by atoms with Gasteiger partial charge >= 0.3 is 0 Å². The minimum atomic E-state index is -0.0786. The maximum Gasteiger partial charge on any atom is 0.229 e. The minimum absolute atomic E-state index is 0.0442. The number of hydrogen-bond donors (Lipinski definition) is 1. The van der Waals surface area contributed by atoms with Crippen LogP contribution >= 0.6 is 27.5 Å². The third-order valence-corrected chi connectivity index (χ3v) is 5.80. The molecular weight excluding hydrogens is 452 g/mol. The quantitative estimate of drug-likeness (QED) is 0.552. The van der Waals surface area contributed by atoms with Crippen LogP contribution in [-0.4, -0.2) is 29.2 Å². The normalized spacial score (nSPS) is 16.5. The van der Waals surface area contributed by atoms with Crippen LogP contribution in [0.3, 0.4) is 0 Å². The van der Waals surface area contributed by atoms with Crippen LogP contribution in [0.4, 0.5) is 11.5 Å². The molecule has 1 N–H and O–H groups in total. The number of nitrogens with one attached hydrogen (secondary N) is 1. The van der Waals surface area contributed by atoms with E-state index < -0.39 is 0 Å². The number of benzene rings is 2. The molecule has 0 saturated carbocycles. The Morgan fingerprint density at radius 1 is 1.03 bits per heavy atom. The molecule has 0 radical (unpaired) electrons. The first-order valence-electron chi connectivity index (χ1n) is 9.49. The minimum Gasteiger partial charge on any atom is -0.354 e. The molecule has 1 aliphatic heterocycles. The molecule has 1 saturated heterocycles. The Morgan fingerprint density at radius 3 is 2.48 bits per heavy atom. The SMILES string of the molecule is O=C(Nc1ccc(Br)cc1)C1CCCN(c2ccc(-c3ccc(Cl)cc3)nn2)C1. The number of amides is 1. The summed E-state index contributed by atoms with van der Waals surface area (Å²) in [5.74, 6) is 0.761. The van der Waals surface area contributed by atoms with Gasteiger partial charge in [-0.1, -0.05) is 39.7 Å². The fourth-order valence-corrected chi connectivity index (χ4v) is 3.84. The molecule has 0 spiro atoms. The maximum absolute atomic E-state index is 12.7. The second kappa shape index (κ2) is 8.93. The van der Waals surface area contributed by atoms with Gasteiger partial charge in [-0.2, -0.15) is 0 Å². The molecule has 1 aromatic heterocycles. The van der Waals surface area contributed by atoms with Crippen LogP contribution < -0.4 is 10.2 Å². The fraction of sp³-hybridized carbons (Fsp3) is 0.227. The van der Waals surface area contributed by atoms with Gasteiger partial charge < -0.3 is 10.2 Å². The number of hydrogen-bond acceptors (Lipinski definition) is 4. The molecule has 4 rings (SSSR count). The first-order valence-corrected chi connectivity index (χ1v) is 10.7. The van der Waals surface area contributed by atoms with Crippen LogP contribution in [0.2, 0.25) is 5.02 Å². The van der Waals surface area contributed by atoms with Crippen molar-refractivity contribution in [3.05, 3.63) is 70.2 Å². The van der Waals surface area contributed by atoms with Crippen molar-refractivity contribution < 1.29 is 4.79 Å². The highest BCUT2D eigenvalue weighted by Gasteiger charge is 2.26. The molecule has 148 valence electrons. The van der Waals surface area contributed by atoms with E-state index in [1.54, 1.807) is 0 Å². The number of nitrogens with zero attached hydrogens (tertiary/aromatic N) is 3. The summed E-state index contributed by atoms with van der Waals surface area (Å²) < 4.78 is 0.986. The second-order valence-electron chi connectivity index (χ2n) is 7.06. The lowest BCUT2D eigenvalue weighted by molar-refractivity contribution is -0.120. The predicted octanol–water partition coefficient (Wildman–Crippen LogP) is 5.41. The number of piperidine rings is 1. The molecule has 1 aliphatic rings. The Labute approximate surface area is 183 Å². The van der Waals surface area contributed by atoms with Crippen LogP contribution in [0.15, 0.2) is 65.1 Å². The van der Waals surface area contributed by atoms with Gasteiger partial charge in [0.2, 0.25) is 5.91 Å². The highest BCUT2D eigenvalue weighted by Crippen LogP contribution is 2.25. The summed E-state index contributed by atoms with van der Waals surface area (Å²) >= 11 is 9.35. The molecule has 1 amide bonds. The predicted molar refractivity (Wildman–Crippen MR) is 120 cm³/mol. The van der Waals surface area contributed by atoms with E-state index in [1.807, 2.05) is 60.7 Å². The van der Waals surface area contributed by atoms with Gasteiger partial charge in [0.15, 0.2) is 5.82 Å². The van der Waals surface area contributed by atoms with Crippen molar-refractivity contribution in [3.63, 3.8) is 0 Å². The zero-order valence-electron chi connectivity index (χ0n) is 15.7. The maximum atomic E-state index is 12.7. The molecule has 3 aromatic rings. The Bertz CT molecular complexity index is 977. The smallest absolute Gasteiger partial charge is 0.229 e. The summed E-state index contributed by atoms with van der Waals surface area (Å²) in [7, 11) is 0. The van der Waals surface area contributed by atoms with Gasteiger partial charge in [0, 0.05) is 33.8 Å². The summed E-state index contributed by atoms with van der Waals surface area (Å²) in [6, 6.07) is 19.1. The van der Waals surface area contributed by atoms with E-state index in [4.69, 9.17) is 11.6 Å². The lowest BCUT2D eigenvalue weighted by atomic mass is 9.97. The standard InChI is InChI=1S/C22H20BrClN4O/c23-17-5-9-19(10-6-17)25-22(29)16-2-1-13-28(14-16)21-12-11-20(26-27-21)15-3-7-18(24)8-4-15/h3-12,16H,1-2,13-14H2,(H,25,29). The van der Waals surface area contributed by atoms with Crippen molar-refractivity contribution in [3.8, 4) is 11.3 Å². The lowest BCUT2D eigenvalue weighted by Gasteiger charge is -2.32. The molecule has 7 heteroatoms. The van der Waals surface area contributed by atoms with E-state index in [0.717, 1.165) is 46.6 Å². The van der Waals surface area contributed by atoms with Crippen molar-refractivity contribution in [2.75, 3.05) is 23.3 Å². The molecule has 29 heavy (non-hydrogen) atoms. The average Bonchev–Trinajstić information content (AvgIpc) is 2.76. The van der Waals surface area contributed by atoms with Crippen molar-refractivity contribution in [2.45, 2.75) is 12.8 Å². The summed E-state index contributed by atoms with van der Waals surface area (Å²) in [6.45, 7) is 1.51. The number of halogens is 2. The molecule has 5 nitrogen and oxygen atoms in total. The Balaban J connectivity index is 1.41. The van der Waals surface area contributed by atoms with Gasteiger partial charge in [-0.05, 0) is 61.4 Å². The van der Waals surface area contributed by atoms with Crippen molar-refractivity contribution in [1.82, 2.24) is 10.2 Å². The van der Waals surface area contributed by atoms with Gasteiger partial charge in [-0.25, -0.2) is 0 Å². The summed E-state index contributed by atoms with van der Waals surface area (Å²) in [6.07, 6.45) is 1.81. The summed E-state index contributed by atoms with van der Waals surface area (Å²) in [4.78, 5) is 14.8. The monoisotopic (exact) mass is 470 g/mol. The Morgan fingerprint density at radius 2 is 1.79 bits per heavy atom. The summed E-state index contributed by atoms with van der Waals surface area (Å²) in [5, 5.41) is 12.5. The number of anilines is 2. The second-order valence-corrected chi connectivity index (χ2v) is 8.42. The lowest BCUT2D eigenvalue weighted by Crippen LogP contribution is -2.41. The molecule has 1 atom stereocenters. The van der Waals surface area contributed by atoms with Crippen molar-refractivity contribution >= 4 is 44.9 Å². The van der Waals surface area contributed by atoms with E-state index in [1.165, 1.54) is 0 Å². The van der Waals surface area contributed by atoms with Crippen LogP contribution in [0.5, 0.6) is 0 Å².